The second-order valence-electron chi connectivity index (χ2n) is 7.21. The average molecular weight is 419 g/mol. The largest absolute Gasteiger partial charge is 0.383 e. The van der Waals surface area contributed by atoms with E-state index in [2.05, 4.69) is 5.32 Å². The Morgan fingerprint density at radius 2 is 1.97 bits per heavy atom. The van der Waals surface area contributed by atoms with E-state index < -0.39 is 11.8 Å². The number of amides is 3. The number of nitrogens with zero attached hydrogens (tertiary/aromatic N) is 3. The molecule has 2 aromatic rings. The summed E-state index contributed by atoms with van der Waals surface area (Å²) in [4.78, 5) is 29.1. The number of para-hydroxylation sites is 1. The molecular weight excluding hydrogens is 387 g/mol. The zero-order valence-electron chi connectivity index (χ0n) is 18.1. The second kappa shape index (κ2) is 11.3. The monoisotopic (exact) mass is 418 g/mol. The molecule has 0 spiro atoms. The lowest BCUT2D eigenvalue weighted by molar-refractivity contribution is -0.133. The number of carbonyl (C=O) groups excluding carboxylic acids is 2. The van der Waals surface area contributed by atoms with Crippen molar-refractivity contribution in [1.82, 2.24) is 14.4 Å². The summed E-state index contributed by atoms with van der Waals surface area (Å²) >= 11 is 0. The predicted molar refractivity (Wildman–Crippen MR) is 115 cm³/mol. The van der Waals surface area contributed by atoms with Gasteiger partial charge in [-0.2, -0.15) is 0 Å². The smallest absolute Gasteiger partial charge is 0.322 e. The minimum atomic E-state index is -0.522. The number of anilines is 1. The fourth-order valence-corrected chi connectivity index (χ4v) is 2.99. The molecule has 1 aromatic heterocycles. The highest BCUT2D eigenvalue weighted by Crippen LogP contribution is 2.15. The van der Waals surface area contributed by atoms with Crippen LogP contribution in [-0.2, 0) is 23.1 Å². The van der Waals surface area contributed by atoms with E-state index >= 15 is 0 Å². The maximum atomic E-state index is 14.0. The quantitative estimate of drug-likeness (QED) is 0.643. The number of benzene rings is 1. The summed E-state index contributed by atoms with van der Waals surface area (Å²) in [5, 5.41) is 2.58. The van der Waals surface area contributed by atoms with Gasteiger partial charge in [-0.3, -0.25) is 4.79 Å². The average Bonchev–Trinajstić information content (AvgIpc) is 3.14. The van der Waals surface area contributed by atoms with Crippen molar-refractivity contribution < 1.29 is 18.7 Å². The zero-order chi connectivity index (χ0) is 22.1. The normalized spacial score (nSPS) is 11.8. The van der Waals surface area contributed by atoms with Crippen molar-refractivity contribution in [2.45, 2.75) is 32.9 Å². The Labute approximate surface area is 177 Å². The summed E-state index contributed by atoms with van der Waals surface area (Å²) in [7, 11) is 3.50. The van der Waals surface area contributed by atoms with Gasteiger partial charge < -0.3 is 24.4 Å². The fraction of sp³-hybridized carbons (Fsp3) is 0.455. The van der Waals surface area contributed by atoms with Gasteiger partial charge in [0.25, 0.3) is 0 Å². The van der Waals surface area contributed by atoms with Crippen LogP contribution >= 0.6 is 0 Å². The van der Waals surface area contributed by atoms with E-state index in [1.165, 1.54) is 17.0 Å². The van der Waals surface area contributed by atoms with Crippen molar-refractivity contribution in [3.8, 4) is 0 Å². The first-order valence-electron chi connectivity index (χ1n) is 10.1. The van der Waals surface area contributed by atoms with Crippen LogP contribution in [-0.4, -0.2) is 59.2 Å². The Bertz CT molecular complexity index is 839. The molecular formula is C22H31FN4O3. The summed E-state index contributed by atoms with van der Waals surface area (Å²) in [6.07, 6.45) is 2.58. The van der Waals surface area contributed by atoms with E-state index in [1.807, 2.05) is 43.8 Å². The van der Waals surface area contributed by atoms with Crippen LogP contribution in [0.4, 0.5) is 14.9 Å². The number of hydrogen-bond donors (Lipinski definition) is 1. The molecule has 0 saturated heterocycles. The molecule has 1 heterocycles. The minimum Gasteiger partial charge on any atom is -0.383 e. The van der Waals surface area contributed by atoms with Gasteiger partial charge in [-0.15, -0.1) is 0 Å². The third kappa shape index (κ3) is 6.32. The van der Waals surface area contributed by atoms with Crippen LogP contribution < -0.4 is 5.32 Å². The highest BCUT2D eigenvalue weighted by atomic mass is 19.1. The highest BCUT2D eigenvalue weighted by Gasteiger charge is 2.25. The number of rotatable bonds is 10. The molecule has 8 heteroatoms. The molecule has 0 bridgehead atoms. The molecule has 2 rings (SSSR count). The van der Waals surface area contributed by atoms with Gasteiger partial charge in [0.05, 0.1) is 18.8 Å². The standard InChI is InChI=1S/C22H31FN4O3/c1-5-17(2)27(22(29)24-20-11-7-6-10-19(20)23)16-21(28)26(13-14-30-4)15-18-9-8-12-25(18)3/h6-12,17H,5,13-16H2,1-4H3,(H,24,29)/t17-/m0/s1. The molecule has 1 N–H and O–H groups in total. The molecule has 0 radical (unpaired) electrons. The maximum absolute atomic E-state index is 14.0. The Balaban J connectivity index is 2.15. The zero-order valence-corrected chi connectivity index (χ0v) is 18.1. The van der Waals surface area contributed by atoms with Crippen molar-refractivity contribution in [1.29, 1.82) is 0 Å². The molecule has 30 heavy (non-hydrogen) atoms. The van der Waals surface area contributed by atoms with Crippen molar-refractivity contribution in [3.05, 3.63) is 54.1 Å². The van der Waals surface area contributed by atoms with Gasteiger partial charge in [0.1, 0.15) is 12.4 Å². The van der Waals surface area contributed by atoms with Crippen LogP contribution in [0.3, 0.4) is 0 Å². The lowest BCUT2D eigenvalue weighted by atomic mass is 10.2. The van der Waals surface area contributed by atoms with Crippen LogP contribution in [0.15, 0.2) is 42.6 Å². The van der Waals surface area contributed by atoms with Gasteiger partial charge in [0, 0.05) is 38.6 Å². The summed E-state index contributed by atoms with van der Waals surface area (Å²) in [6.45, 7) is 4.90. The van der Waals surface area contributed by atoms with E-state index in [1.54, 1.807) is 24.1 Å². The molecule has 1 atom stereocenters. The van der Waals surface area contributed by atoms with Crippen LogP contribution in [0.25, 0.3) is 0 Å². The molecule has 0 unspecified atom stereocenters. The number of aromatic nitrogens is 1. The summed E-state index contributed by atoms with van der Waals surface area (Å²) in [5.41, 5.74) is 1.06. The Morgan fingerprint density at radius 3 is 2.57 bits per heavy atom. The Kier molecular flexibility index (Phi) is 8.86. The molecule has 7 nitrogen and oxygen atoms in total. The molecule has 0 aliphatic carbocycles. The molecule has 164 valence electrons. The van der Waals surface area contributed by atoms with Crippen molar-refractivity contribution in [2.24, 2.45) is 7.05 Å². The van der Waals surface area contributed by atoms with E-state index in [-0.39, 0.29) is 24.2 Å². The molecule has 0 saturated carbocycles. The third-order valence-corrected chi connectivity index (χ3v) is 5.13. The molecule has 0 fully saturated rings. The van der Waals surface area contributed by atoms with E-state index in [4.69, 9.17) is 4.74 Å². The molecule has 0 aliphatic rings. The fourth-order valence-electron chi connectivity index (χ4n) is 2.99. The minimum absolute atomic E-state index is 0.0864. The van der Waals surface area contributed by atoms with Crippen molar-refractivity contribution in [3.63, 3.8) is 0 Å². The predicted octanol–water partition coefficient (Wildman–Crippen LogP) is 3.47. The number of hydrogen-bond acceptors (Lipinski definition) is 3. The number of urea groups is 1. The van der Waals surface area contributed by atoms with Crippen molar-refractivity contribution in [2.75, 3.05) is 32.1 Å². The van der Waals surface area contributed by atoms with E-state index in [0.717, 1.165) is 5.69 Å². The Hall–Kier alpha value is -2.87. The van der Waals surface area contributed by atoms with Gasteiger partial charge in [-0.25, -0.2) is 9.18 Å². The second-order valence-corrected chi connectivity index (χ2v) is 7.21. The summed E-state index contributed by atoms with van der Waals surface area (Å²) in [5.74, 6) is -0.719. The first-order valence-corrected chi connectivity index (χ1v) is 10.1. The Morgan fingerprint density at radius 1 is 1.23 bits per heavy atom. The van der Waals surface area contributed by atoms with Gasteiger partial charge in [-0.1, -0.05) is 19.1 Å². The maximum Gasteiger partial charge on any atom is 0.322 e. The first-order chi connectivity index (χ1) is 14.4. The highest BCUT2D eigenvalue weighted by molar-refractivity contribution is 5.92. The number of halogens is 1. The van der Waals surface area contributed by atoms with Crippen LogP contribution in [0.1, 0.15) is 26.0 Å². The van der Waals surface area contributed by atoms with E-state index in [0.29, 0.717) is 26.1 Å². The molecule has 1 aromatic carbocycles. The summed E-state index contributed by atoms with van der Waals surface area (Å²) < 4.78 is 21.1. The SMILES string of the molecule is CC[C@H](C)N(CC(=O)N(CCOC)Cc1cccn1C)C(=O)Nc1ccccc1F. The first kappa shape index (κ1) is 23.4. The van der Waals surface area contributed by atoms with Crippen LogP contribution in [0, 0.1) is 5.82 Å². The molecule has 3 amide bonds. The lowest BCUT2D eigenvalue weighted by Gasteiger charge is -2.31. The third-order valence-electron chi connectivity index (χ3n) is 5.13. The van der Waals surface area contributed by atoms with Crippen LogP contribution in [0.5, 0.6) is 0 Å². The van der Waals surface area contributed by atoms with Gasteiger partial charge in [0.15, 0.2) is 0 Å². The van der Waals surface area contributed by atoms with Crippen molar-refractivity contribution >= 4 is 17.6 Å². The van der Waals surface area contributed by atoms with Gasteiger partial charge in [0.2, 0.25) is 5.91 Å². The number of nitrogens with one attached hydrogen (secondary N) is 1. The number of carbonyl (C=O) groups is 2. The van der Waals surface area contributed by atoms with Crippen LogP contribution in [0.2, 0.25) is 0 Å². The molecule has 0 aliphatic heterocycles. The number of aryl methyl sites for hydroxylation is 1. The number of methoxy groups -OCH3 is 1. The lowest BCUT2D eigenvalue weighted by Crippen LogP contribution is -2.48. The number of ether oxygens (including phenoxy) is 1. The summed E-state index contributed by atoms with van der Waals surface area (Å²) in [6, 6.07) is 9.13. The van der Waals surface area contributed by atoms with Gasteiger partial charge >= 0.3 is 6.03 Å². The topological polar surface area (TPSA) is 66.8 Å². The van der Waals surface area contributed by atoms with E-state index in [9.17, 15) is 14.0 Å². The van der Waals surface area contributed by atoms with Gasteiger partial charge in [-0.05, 0) is 37.6 Å².